The van der Waals surface area contributed by atoms with Crippen molar-refractivity contribution in [2.75, 3.05) is 39.1 Å². The topological polar surface area (TPSA) is 24.5 Å². The van der Waals surface area contributed by atoms with Gasteiger partial charge >= 0.3 is 0 Å². The molecule has 0 unspecified atom stereocenters. The van der Waals surface area contributed by atoms with Gasteiger partial charge in [0, 0.05) is 37.2 Å². The highest BCUT2D eigenvalue weighted by Crippen LogP contribution is 2.30. The van der Waals surface area contributed by atoms with Gasteiger partial charge < -0.3 is 15.0 Å². The lowest BCUT2D eigenvalue weighted by Crippen LogP contribution is -2.42. The Balaban J connectivity index is 2.33. The lowest BCUT2D eigenvalue weighted by Gasteiger charge is -2.25. The highest BCUT2D eigenvalue weighted by molar-refractivity contribution is 8.00. The summed E-state index contributed by atoms with van der Waals surface area (Å²) in [6.45, 7) is 8.22. The fourth-order valence-electron chi connectivity index (χ4n) is 1.60. The maximum atomic E-state index is 5.37. The molecule has 0 aromatic rings. The summed E-state index contributed by atoms with van der Waals surface area (Å²) in [6, 6.07) is 0. The van der Waals surface area contributed by atoms with Crippen molar-refractivity contribution in [3.8, 4) is 0 Å². The number of methoxy groups -OCH3 is 1. The van der Waals surface area contributed by atoms with Gasteiger partial charge in [-0.1, -0.05) is 13.8 Å². The first-order valence-corrected chi connectivity index (χ1v) is 7.10. The summed E-state index contributed by atoms with van der Waals surface area (Å²) in [4.78, 5) is 2.27. The van der Waals surface area contributed by atoms with Crippen LogP contribution in [0, 0.1) is 0 Å². The van der Waals surface area contributed by atoms with Crippen LogP contribution in [0.3, 0.4) is 0 Å². The van der Waals surface area contributed by atoms with Crippen LogP contribution in [0.1, 0.15) is 20.3 Å². The Bertz CT molecular complexity index is 234. The van der Waals surface area contributed by atoms with Crippen LogP contribution >= 0.6 is 24.0 Å². The molecule has 1 N–H and O–H groups in total. The molecule has 16 heavy (non-hydrogen) atoms. The summed E-state index contributed by atoms with van der Waals surface area (Å²) in [5.74, 6) is 1.15. The molecule has 1 aliphatic rings. The number of nitrogens with one attached hydrogen (secondary N) is 1. The Morgan fingerprint density at radius 3 is 2.94 bits per heavy atom. The fourth-order valence-corrected chi connectivity index (χ4v) is 2.98. The van der Waals surface area contributed by atoms with Crippen molar-refractivity contribution in [3.05, 3.63) is 0 Å². The minimum absolute atomic E-state index is 0.386. The van der Waals surface area contributed by atoms with Crippen molar-refractivity contribution in [1.82, 2.24) is 10.2 Å². The highest BCUT2D eigenvalue weighted by atomic mass is 32.2. The first-order valence-electron chi connectivity index (χ1n) is 5.71. The lowest BCUT2D eigenvalue weighted by atomic mass is 10.1. The smallest absolute Gasteiger partial charge is 0.169 e. The van der Waals surface area contributed by atoms with Gasteiger partial charge in [-0.3, -0.25) is 0 Å². The number of hydrogen-bond donors (Lipinski definition) is 1. The van der Waals surface area contributed by atoms with Gasteiger partial charge in [0.25, 0.3) is 0 Å². The molecular formula is C11H22N2OS2. The van der Waals surface area contributed by atoms with Crippen molar-refractivity contribution in [2.24, 2.45) is 0 Å². The third-order valence-electron chi connectivity index (χ3n) is 2.71. The van der Waals surface area contributed by atoms with E-state index < -0.39 is 0 Å². The summed E-state index contributed by atoms with van der Waals surface area (Å²) in [7, 11) is 1.70. The molecule has 3 nitrogen and oxygen atoms in total. The van der Waals surface area contributed by atoms with Crippen LogP contribution in [0.2, 0.25) is 0 Å². The largest absolute Gasteiger partial charge is 0.383 e. The number of thioether (sulfide) groups is 1. The van der Waals surface area contributed by atoms with Crippen molar-refractivity contribution in [2.45, 2.75) is 25.0 Å². The Kier molecular flexibility index (Phi) is 5.86. The van der Waals surface area contributed by atoms with Crippen molar-refractivity contribution in [3.63, 3.8) is 0 Å². The molecule has 94 valence electrons. The Morgan fingerprint density at radius 1 is 1.50 bits per heavy atom. The molecule has 1 fully saturated rings. The zero-order chi connectivity index (χ0) is 12.0. The van der Waals surface area contributed by atoms with Crippen LogP contribution < -0.4 is 5.32 Å². The summed E-state index contributed by atoms with van der Waals surface area (Å²) >= 11 is 7.41. The molecular weight excluding hydrogens is 240 g/mol. The van der Waals surface area contributed by atoms with Crippen molar-refractivity contribution < 1.29 is 4.74 Å². The molecule has 0 spiro atoms. The van der Waals surface area contributed by atoms with E-state index in [1.807, 2.05) is 11.8 Å². The van der Waals surface area contributed by atoms with Gasteiger partial charge in [-0.05, 0) is 18.6 Å². The zero-order valence-corrected chi connectivity index (χ0v) is 12.0. The predicted octanol–water partition coefficient (Wildman–Crippen LogP) is 1.72. The standard InChI is InChI=1S/C11H22N2OS2/c1-11(2)4-6-13(7-9-16-11)10(15)12-5-8-14-3/h4-9H2,1-3H3,(H,12,15). The summed E-state index contributed by atoms with van der Waals surface area (Å²) in [5, 5.41) is 4.10. The normalized spacial score (nSPS) is 20.3. The van der Waals surface area contributed by atoms with E-state index in [-0.39, 0.29) is 0 Å². The van der Waals surface area contributed by atoms with E-state index in [2.05, 4.69) is 24.1 Å². The van der Waals surface area contributed by atoms with Crippen LogP contribution in [0.15, 0.2) is 0 Å². The average Bonchev–Trinajstić information content (AvgIpc) is 2.39. The molecule has 1 heterocycles. The summed E-state index contributed by atoms with van der Waals surface area (Å²) in [5.41, 5.74) is 0. The maximum absolute atomic E-state index is 5.37. The van der Waals surface area contributed by atoms with Crippen LogP contribution in [0.4, 0.5) is 0 Å². The summed E-state index contributed by atoms with van der Waals surface area (Å²) in [6.07, 6.45) is 1.18. The van der Waals surface area contributed by atoms with Crippen LogP contribution in [-0.2, 0) is 4.74 Å². The molecule has 0 aliphatic carbocycles. The minimum Gasteiger partial charge on any atom is -0.383 e. The van der Waals surface area contributed by atoms with E-state index in [0.29, 0.717) is 11.4 Å². The Labute approximate surface area is 108 Å². The molecule has 0 atom stereocenters. The second kappa shape index (κ2) is 6.67. The zero-order valence-electron chi connectivity index (χ0n) is 10.4. The molecule has 1 saturated heterocycles. The quantitative estimate of drug-likeness (QED) is 0.617. The number of ether oxygens (including phenoxy) is 1. The molecule has 1 aliphatic heterocycles. The first kappa shape index (κ1) is 14.1. The summed E-state index contributed by atoms with van der Waals surface area (Å²) < 4.78 is 5.38. The van der Waals surface area contributed by atoms with E-state index >= 15 is 0 Å². The number of thiocarbonyl (C=S) groups is 1. The second-order valence-electron chi connectivity index (χ2n) is 4.57. The maximum Gasteiger partial charge on any atom is 0.169 e. The molecule has 0 amide bonds. The molecule has 0 aromatic carbocycles. The van der Waals surface area contributed by atoms with E-state index in [9.17, 15) is 0 Å². The second-order valence-corrected chi connectivity index (χ2v) is 6.76. The number of rotatable bonds is 3. The van der Waals surface area contributed by atoms with E-state index in [0.717, 1.165) is 30.5 Å². The minimum atomic E-state index is 0.386. The van der Waals surface area contributed by atoms with Gasteiger partial charge in [-0.25, -0.2) is 0 Å². The van der Waals surface area contributed by atoms with E-state index in [4.69, 9.17) is 17.0 Å². The van der Waals surface area contributed by atoms with Gasteiger partial charge in [0.15, 0.2) is 5.11 Å². The third kappa shape index (κ3) is 4.89. The molecule has 0 aromatic heterocycles. The SMILES string of the molecule is COCCNC(=S)N1CCSC(C)(C)CC1. The van der Waals surface area contributed by atoms with Gasteiger partial charge in [0.05, 0.1) is 6.61 Å². The van der Waals surface area contributed by atoms with Gasteiger partial charge in [0.1, 0.15) is 0 Å². The monoisotopic (exact) mass is 262 g/mol. The van der Waals surface area contributed by atoms with Crippen LogP contribution in [0.25, 0.3) is 0 Å². The van der Waals surface area contributed by atoms with Crippen LogP contribution in [-0.4, -0.2) is 53.9 Å². The Hall–Kier alpha value is 0. The fraction of sp³-hybridized carbons (Fsp3) is 0.909. The molecule has 5 heteroatoms. The number of hydrogen-bond acceptors (Lipinski definition) is 3. The van der Waals surface area contributed by atoms with Gasteiger partial charge in [-0.15, -0.1) is 0 Å². The first-order chi connectivity index (χ1) is 7.55. The van der Waals surface area contributed by atoms with E-state index in [1.54, 1.807) is 7.11 Å². The van der Waals surface area contributed by atoms with E-state index in [1.165, 1.54) is 6.42 Å². The average molecular weight is 262 g/mol. The van der Waals surface area contributed by atoms with Crippen molar-refractivity contribution in [1.29, 1.82) is 0 Å². The van der Waals surface area contributed by atoms with Crippen molar-refractivity contribution >= 4 is 29.1 Å². The molecule has 1 rings (SSSR count). The molecule has 0 bridgehead atoms. The lowest BCUT2D eigenvalue weighted by molar-refractivity contribution is 0.203. The van der Waals surface area contributed by atoms with Crippen LogP contribution in [0.5, 0.6) is 0 Å². The molecule has 0 saturated carbocycles. The predicted molar refractivity (Wildman–Crippen MR) is 75.2 cm³/mol. The van der Waals surface area contributed by atoms with Gasteiger partial charge in [-0.2, -0.15) is 11.8 Å². The number of nitrogens with zero attached hydrogens (tertiary/aromatic N) is 1. The highest BCUT2D eigenvalue weighted by Gasteiger charge is 2.24. The Morgan fingerprint density at radius 2 is 2.25 bits per heavy atom. The third-order valence-corrected chi connectivity index (χ3v) is 4.48. The molecule has 0 radical (unpaired) electrons. The van der Waals surface area contributed by atoms with Gasteiger partial charge in [0.2, 0.25) is 0 Å².